The van der Waals surface area contributed by atoms with Gasteiger partial charge in [-0.05, 0) is 35.7 Å². The summed E-state index contributed by atoms with van der Waals surface area (Å²) in [5.74, 6) is -0.802. The fourth-order valence-electron chi connectivity index (χ4n) is 3.03. The number of rotatable bonds is 6. The quantitative estimate of drug-likeness (QED) is 0.532. The van der Waals surface area contributed by atoms with Crippen molar-refractivity contribution in [1.82, 2.24) is 14.9 Å². The van der Waals surface area contributed by atoms with Gasteiger partial charge in [0.15, 0.2) is 0 Å². The van der Waals surface area contributed by atoms with Gasteiger partial charge in [0, 0.05) is 35.6 Å². The Labute approximate surface area is 184 Å². The van der Waals surface area contributed by atoms with E-state index in [1.54, 1.807) is 0 Å². The van der Waals surface area contributed by atoms with Gasteiger partial charge in [0.1, 0.15) is 0 Å². The largest absolute Gasteiger partial charge is 0.465 e. The fraction of sp³-hybridized carbons (Fsp3) is 0.286. The zero-order chi connectivity index (χ0) is 22.8. The highest BCUT2D eigenvalue weighted by atomic mass is 32.2. The van der Waals surface area contributed by atoms with Crippen LogP contribution >= 0.6 is 11.3 Å². The van der Waals surface area contributed by atoms with Crippen molar-refractivity contribution >= 4 is 27.3 Å². The maximum absolute atomic E-state index is 14.5. The number of aromatic nitrogens is 2. The topological polar surface area (TPSA) is 100 Å². The van der Waals surface area contributed by atoms with Crippen LogP contribution in [0.15, 0.2) is 58.7 Å². The van der Waals surface area contributed by atoms with E-state index >= 15 is 0 Å². The zero-order valence-corrected chi connectivity index (χ0v) is 18.9. The van der Waals surface area contributed by atoms with Gasteiger partial charge in [-0.3, -0.25) is 4.98 Å². The number of carbonyl (C=O) groups is 1. The van der Waals surface area contributed by atoms with Crippen LogP contribution in [-0.4, -0.2) is 41.0 Å². The van der Waals surface area contributed by atoms with Crippen molar-refractivity contribution in [1.29, 1.82) is 0 Å². The van der Waals surface area contributed by atoms with Crippen LogP contribution in [0.2, 0.25) is 0 Å². The maximum Gasteiger partial charge on any atom is 0.407 e. The predicted molar refractivity (Wildman–Crippen MR) is 115 cm³/mol. The summed E-state index contributed by atoms with van der Waals surface area (Å²) in [6.45, 7) is 5.96. The number of hydrogen-bond donors (Lipinski definition) is 1. The Balaban J connectivity index is 2.13. The second-order valence-electron chi connectivity index (χ2n) is 8.14. The van der Waals surface area contributed by atoms with Crippen LogP contribution in [0.5, 0.6) is 0 Å². The summed E-state index contributed by atoms with van der Waals surface area (Å²) in [7, 11) is -4.02. The van der Waals surface area contributed by atoms with Crippen LogP contribution in [0.3, 0.4) is 0 Å². The van der Waals surface area contributed by atoms with Gasteiger partial charge in [0.25, 0.3) is 0 Å². The lowest BCUT2D eigenvalue weighted by Crippen LogP contribution is -2.36. The molecule has 0 aliphatic heterocycles. The van der Waals surface area contributed by atoms with E-state index in [4.69, 9.17) is 0 Å². The Morgan fingerprint density at radius 2 is 1.94 bits per heavy atom. The summed E-state index contributed by atoms with van der Waals surface area (Å²) in [5, 5.41) is 9.61. The lowest BCUT2D eigenvalue weighted by molar-refractivity contribution is 0.123. The third-order valence-corrected chi connectivity index (χ3v) is 7.31. The molecule has 3 heterocycles. The Morgan fingerprint density at radius 3 is 2.52 bits per heavy atom. The highest BCUT2D eigenvalue weighted by Gasteiger charge is 2.28. The Morgan fingerprint density at radius 1 is 1.23 bits per heavy atom. The molecule has 7 nitrogen and oxygen atoms in total. The molecule has 0 bridgehead atoms. The standard InChI is InChI=1S/C21H22FN3O4S2/c1-21(2,3)13-25(20(26)27)12-14-10-17(31(28,29)15-6-4-8-23-11-15)18(30-14)16-7-5-9-24-19(16)22/h4-11H,12-13H2,1-3H3,(H,26,27). The molecule has 10 heteroatoms. The van der Waals surface area contributed by atoms with Crippen molar-refractivity contribution < 1.29 is 22.7 Å². The molecule has 1 N–H and O–H groups in total. The van der Waals surface area contributed by atoms with E-state index in [2.05, 4.69) is 9.97 Å². The number of thiophene rings is 1. The van der Waals surface area contributed by atoms with Gasteiger partial charge in [0.05, 0.1) is 21.2 Å². The second kappa shape index (κ2) is 8.72. The SMILES string of the molecule is CC(C)(C)CN(Cc1cc(S(=O)(=O)c2cccnc2)c(-c2cccnc2F)s1)C(=O)O. The minimum absolute atomic E-state index is 0.0191. The number of sulfone groups is 1. The van der Waals surface area contributed by atoms with Crippen LogP contribution in [-0.2, 0) is 16.4 Å². The molecule has 3 rings (SSSR count). The number of halogens is 1. The van der Waals surface area contributed by atoms with Crippen LogP contribution in [0, 0.1) is 11.4 Å². The van der Waals surface area contributed by atoms with E-state index in [-0.39, 0.29) is 38.7 Å². The van der Waals surface area contributed by atoms with Crippen molar-refractivity contribution in [2.45, 2.75) is 37.1 Å². The van der Waals surface area contributed by atoms with Gasteiger partial charge < -0.3 is 10.0 Å². The minimum atomic E-state index is -4.02. The van der Waals surface area contributed by atoms with Crippen LogP contribution in [0.25, 0.3) is 10.4 Å². The molecule has 0 saturated carbocycles. The molecule has 3 aromatic rings. The first-order valence-corrected chi connectivity index (χ1v) is 11.7. The molecule has 0 aromatic carbocycles. The van der Waals surface area contributed by atoms with E-state index < -0.39 is 21.9 Å². The number of nitrogens with zero attached hydrogens (tertiary/aromatic N) is 3. The molecule has 0 radical (unpaired) electrons. The molecule has 0 aliphatic carbocycles. The average Bonchev–Trinajstić information content (AvgIpc) is 3.12. The number of pyridine rings is 2. The fourth-order valence-corrected chi connectivity index (χ4v) is 6.00. The van der Waals surface area contributed by atoms with Gasteiger partial charge in [-0.2, -0.15) is 4.39 Å². The van der Waals surface area contributed by atoms with Crippen molar-refractivity contribution in [3.63, 3.8) is 0 Å². The summed E-state index contributed by atoms with van der Waals surface area (Å²) < 4.78 is 41.0. The molecule has 164 valence electrons. The highest BCUT2D eigenvalue weighted by Crippen LogP contribution is 2.39. The van der Waals surface area contributed by atoms with E-state index in [0.717, 1.165) is 11.3 Å². The van der Waals surface area contributed by atoms with Crippen molar-refractivity contribution in [3.05, 3.63) is 59.7 Å². The smallest absolute Gasteiger partial charge is 0.407 e. The summed E-state index contributed by atoms with van der Waals surface area (Å²) in [4.78, 5) is 21.0. The molecule has 1 amide bonds. The molecule has 0 spiro atoms. The van der Waals surface area contributed by atoms with Crippen LogP contribution < -0.4 is 0 Å². The molecule has 0 aliphatic rings. The lowest BCUT2D eigenvalue weighted by Gasteiger charge is -2.27. The van der Waals surface area contributed by atoms with E-state index in [1.165, 1.54) is 53.8 Å². The third-order valence-electron chi connectivity index (χ3n) is 4.27. The Kier molecular flexibility index (Phi) is 6.42. The van der Waals surface area contributed by atoms with Crippen LogP contribution in [0.1, 0.15) is 25.6 Å². The summed E-state index contributed by atoms with van der Waals surface area (Å²) in [5.41, 5.74) is -0.252. The first kappa shape index (κ1) is 22.8. The summed E-state index contributed by atoms with van der Waals surface area (Å²) >= 11 is 1.04. The summed E-state index contributed by atoms with van der Waals surface area (Å²) in [6.07, 6.45) is 2.84. The van der Waals surface area contributed by atoms with E-state index in [9.17, 15) is 22.7 Å². The molecule has 3 aromatic heterocycles. The molecular weight excluding hydrogens is 441 g/mol. The van der Waals surface area contributed by atoms with Crippen molar-refractivity contribution in [2.24, 2.45) is 5.41 Å². The van der Waals surface area contributed by atoms with Crippen molar-refractivity contribution in [3.8, 4) is 10.4 Å². The van der Waals surface area contributed by atoms with E-state index in [1.807, 2.05) is 20.8 Å². The van der Waals surface area contributed by atoms with E-state index in [0.29, 0.717) is 4.88 Å². The number of hydrogen-bond acceptors (Lipinski definition) is 6. The molecule has 0 fully saturated rings. The second-order valence-corrected chi connectivity index (χ2v) is 11.2. The number of carboxylic acid groups (broad SMARTS) is 1. The Hall–Kier alpha value is -2.85. The molecule has 0 atom stereocenters. The Bertz CT molecular complexity index is 1190. The normalized spacial score (nSPS) is 12.0. The van der Waals surface area contributed by atoms with Gasteiger partial charge >= 0.3 is 6.09 Å². The van der Waals surface area contributed by atoms with Gasteiger partial charge in [-0.15, -0.1) is 11.3 Å². The lowest BCUT2D eigenvalue weighted by atomic mass is 9.96. The first-order valence-electron chi connectivity index (χ1n) is 9.35. The first-order chi connectivity index (χ1) is 14.5. The molecular formula is C21H22FN3O4S2. The maximum atomic E-state index is 14.5. The predicted octanol–water partition coefficient (Wildman–Crippen LogP) is 4.70. The molecule has 0 saturated heterocycles. The highest BCUT2D eigenvalue weighted by molar-refractivity contribution is 7.91. The van der Waals surface area contributed by atoms with Crippen molar-refractivity contribution in [2.75, 3.05) is 6.54 Å². The third kappa shape index (κ3) is 5.26. The molecule has 0 unspecified atom stereocenters. The zero-order valence-electron chi connectivity index (χ0n) is 17.2. The minimum Gasteiger partial charge on any atom is -0.465 e. The van der Waals surface area contributed by atoms with Gasteiger partial charge in [-0.25, -0.2) is 18.2 Å². The summed E-state index contributed by atoms with van der Waals surface area (Å²) in [6, 6.07) is 7.28. The van der Waals surface area contributed by atoms with Gasteiger partial charge in [0.2, 0.25) is 15.8 Å². The van der Waals surface area contributed by atoms with Crippen LogP contribution in [0.4, 0.5) is 9.18 Å². The average molecular weight is 464 g/mol. The number of amides is 1. The van der Waals surface area contributed by atoms with Gasteiger partial charge in [-0.1, -0.05) is 20.8 Å². The molecule has 31 heavy (non-hydrogen) atoms. The monoisotopic (exact) mass is 463 g/mol.